The highest BCUT2D eigenvalue weighted by Gasteiger charge is 2.23. The molecule has 2 rings (SSSR count). The van der Waals surface area contributed by atoms with Crippen LogP contribution in [0.3, 0.4) is 0 Å². The van der Waals surface area contributed by atoms with Crippen LogP contribution in [-0.2, 0) is 0 Å². The first kappa shape index (κ1) is 13.4. The lowest BCUT2D eigenvalue weighted by molar-refractivity contribution is 0.0946. The summed E-state index contributed by atoms with van der Waals surface area (Å²) in [6.07, 6.45) is 2.37. The summed E-state index contributed by atoms with van der Waals surface area (Å²) in [5.41, 5.74) is 6.74. The van der Waals surface area contributed by atoms with E-state index in [0.717, 1.165) is 23.7 Å². The van der Waals surface area contributed by atoms with Gasteiger partial charge in [-0.25, -0.2) is 0 Å². The minimum Gasteiger partial charge on any atom is -0.398 e. The van der Waals surface area contributed by atoms with Crippen molar-refractivity contribution >= 4 is 27.5 Å². The van der Waals surface area contributed by atoms with Crippen LogP contribution >= 0.6 is 15.9 Å². The lowest BCUT2D eigenvalue weighted by Crippen LogP contribution is -2.29. The summed E-state index contributed by atoms with van der Waals surface area (Å²) in [7, 11) is 0. The third-order valence-electron chi connectivity index (χ3n) is 3.32. The van der Waals surface area contributed by atoms with Gasteiger partial charge in [-0.2, -0.15) is 0 Å². The number of halogens is 1. The molecule has 0 bridgehead atoms. The van der Waals surface area contributed by atoms with Crippen molar-refractivity contribution in [3.8, 4) is 0 Å². The summed E-state index contributed by atoms with van der Waals surface area (Å²) in [6, 6.07) is 5.23. The Morgan fingerprint density at radius 1 is 1.50 bits per heavy atom. The van der Waals surface area contributed by atoms with Crippen LogP contribution in [0.25, 0.3) is 0 Å². The number of aliphatic hydroxyl groups is 1. The van der Waals surface area contributed by atoms with Gasteiger partial charge in [0.2, 0.25) is 0 Å². The van der Waals surface area contributed by atoms with Crippen molar-refractivity contribution in [3.05, 3.63) is 28.2 Å². The minimum absolute atomic E-state index is 0.157. The molecule has 0 aliphatic heterocycles. The highest BCUT2D eigenvalue weighted by molar-refractivity contribution is 9.10. The normalized spacial score (nSPS) is 23.0. The fourth-order valence-electron chi connectivity index (χ4n) is 2.29. The molecular weight excluding hydrogens is 296 g/mol. The highest BCUT2D eigenvalue weighted by atomic mass is 79.9. The van der Waals surface area contributed by atoms with Crippen LogP contribution in [0.2, 0.25) is 0 Å². The molecule has 0 heterocycles. The Balaban J connectivity index is 1.93. The summed E-state index contributed by atoms with van der Waals surface area (Å²) in [4.78, 5) is 12.0. The number of benzene rings is 1. The lowest BCUT2D eigenvalue weighted by atomic mass is 10.1. The van der Waals surface area contributed by atoms with Crippen molar-refractivity contribution in [3.63, 3.8) is 0 Å². The standard InChI is InChI=1S/C13H17BrN2O2/c14-9-2-4-12(15)11(6-9)13(18)16-7-8-1-3-10(17)5-8/h2,4,6,8,10,17H,1,3,5,7,15H2,(H,16,18). The van der Waals surface area contributed by atoms with Gasteiger partial charge in [-0.1, -0.05) is 15.9 Å². The third-order valence-corrected chi connectivity index (χ3v) is 3.82. The zero-order chi connectivity index (χ0) is 13.1. The number of carbonyl (C=O) groups is 1. The van der Waals surface area contributed by atoms with E-state index in [9.17, 15) is 9.90 Å². The fraction of sp³-hybridized carbons (Fsp3) is 0.462. The zero-order valence-electron chi connectivity index (χ0n) is 10.0. The molecule has 4 N–H and O–H groups in total. The van der Waals surface area contributed by atoms with Crippen LogP contribution in [-0.4, -0.2) is 23.7 Å². The molecule has 2 atom stereocenters. The number of nitrogen functional groups attached to an aromatic ring is 1. The van der Waals surface area contributed by atoms with Crippen LogP contribution in [0.4, 0.5) is 5.69 Å². The first-order valence-electron chi connectivity index (χ1n) is 6.07. The fourth-order valence-corrected chi connectivity index (χ4v) is 2.65. The number of carbonyl (C=O) groups excluding carboxylic acids is 1. The highest BCUT2D eigenvalue weighted by Crippen LogP contribution is 2.25. The minimum atomic E-state index is -0.206. The maximum atomic E-state index is 12.0. The van der Waals surface area contributed by atoms with Crippen LogP contribution in [0.5, 0.6) is 0 Å². The molecule has 0 aromatic heterocycles. The molecular formula is C13H17BrN2O2. The Kier molecular flexibility index (Phi) is 4.24. The van der Waals surface area contributed by atoms with Gasteiger partial charge in [-0.15, -0.1) is 0 Å². The van der Waals surface area contributed by atoms with Crippen molar-refractivity contribution in [2.75, 3.05) is 12.3 Å². The molecule has 5 heteroatoms. The molecule has 1 aromatic rings. The van der Waals surface area contributed by atoms with E-state index in [1.54, 1.807) is 18.2 Å². The second-order valence-electron chi connectivity index (χ2n) is 4.77. The summed E-state index contributed by atoms with van der Waals surface area (Å²) >= 11 is 3.32. The van der Waals surface area contributed by atoms with Gasteiger partial charge in [-0.3, -0.25) is 4.79 Å². The Bertz CT molecular complexity index is 451. The molecule has 1 aliphatic rings. The van der Waals surface area contributed by atoms with E-state index >= 15 is 0 Å². The number of nitrogens with one attached hydrogen (secondary N) is 1. The van der Waals surface area contributed by atoms with Gasteiger partial charge in [0.15, 0.2) is 0 Å². The Hall–Kier alpha value is -1.07. The average Bonchev–Trinajstić information content (AvgIpc) is 2.75. The Morgan fingerprint density at radius 2 is 2.28 bits per heavy atom. The van der Waals surface area contributed by atoms with E-state index in [1.807, 2.05) is 0 Å². The molecule has 1 aromatic carbocycles. The van der Waals surface area contributed by atoms with Crippen molar-refractivity contribution in [2.24, 2.45) is 5.92 Å². The molecule has 0 radical (unpaired) electrons. The molecule has 0 spiro atoms. The second kappa shape index (κ2) is 5.71. The van der Waals surface area contributed by atoms with Crippen molar-refractivity contribution in [1.29, 1.82) is 0 Å². The quantitative estimate of drug-likeness (QED) is 0.746. The third kappa shape index (κ3) is 3.23. The Labute approximate surface area is 115 Å². The van der Waals surface area contributed by atoms with E-state index in [2.05, 4.69) is 21.2 Å². The summed E-state index contributed by atoms with van der Waals surface area (Å²) in [5.74, 6) is 0.215. The molecule has 2 unspecified atom stereocenters. The van der Waals surface area contributed by atoms with E-state index in [-0.39, 0.29) is 12.0 Å². The number of hydrogen-bond acceptors (Lipinski definition) is 3. The SMILES string of the molecule is Nc1ccc(Br)cc1C(=O)NCC1CCC(O)C1. The summed E-state index contributed by atoms with van der Waals surface area (Å²) in [5, 5.41) is 12.3. The van der Waals surface area contributed by atoms with Crippen molar-refractivity contribution in [1.82, 2.24) is 5.32 Å². The zero-order valence-corrected chi connectivity index (χ0v) is 11.6. The maximum absolute atomic E-state index is 12.0. The molecule has 1 aliphatic carbocycles. The molecule has 1 amide bonds. The van der Waals surface area contributed by atoms with E-state index in [0.29, 0.717) is 23.7 Å². The van der Waals surface area contributed by atoms with Crippen LogP contribution in [0, 0.1) is 5.92 Å². The van der Waals surface area contributed by atoms with Crippen LogP contribution in [0.15, 0.2) is 22.7 Å². The summed E-state index contributed by atoms with van der Waals surface area (Å²) in [6.45, 7) is 0.599. The lowest BCUT2D eigenvalue weighted by Gasteiger charge is -2.12. The van der Waals surface area contributed by atoms with Crippen molar-refractivity contribution in [2.45, 2.75) is 25.4 Å². The number of amides is 1. The average molecular weight is 313 g/mol. The molecule has 4 nitrogen and oxygen atoms in total. The topological polar surface area (TPSA) is 75.4 Å². The van der Waals surface area contributed by atoms with Gasteiger partial charge in [0, 0.05) is 16.7 Å². The molecule has 1 saturated carbocycles. The number of anilines is 1. The first-order valence-corrected chi connectivity index (χ1v) is 6.87. The van der Waals surface area contributed by atoms with Gasteiger partial charge in [0.1, 0.15) is 0 Å². The van der Waals surface area contributed by atoms with E-state index in [1.165, 1.54) is 0 Å². The molecule has 18 heavy (non-hydrogen) atoms. The van der Waals surface area contributed by atoms with E-state index < -0.39 is 0 Å². The smallest absolute Gasteiger partial charge is 0.253 e. The second-order valence-corrected chi connectivity index (χ2v) is 5.69. The van der Waals surface area contributed by atoms with Crippen molar-refractivity contribution < 1.29 is 9.90 Å². The summed E-state index contributed by atoms with van der Waals surface area (Å²) < 4.78 is 0.832. The van der Waals surface area contributed by atoms with E-state index in [4.69, 9.17) is 5.73 Å². The number of rotatable bonds is 3. The molecule has 1 fully saturated rings. The number of nitrogens with two attached hydrogens (primary N) is 1. The van der Waals surface area contributed by atoms with Crippen LogP contribution in [0.1, 0.15) is 29.6 Å². The van der Waals surface area contributed by atoms with Gasteiger partial charge >= 0.3 is 0 Å². The molecule has 98 valence electrons. The van der Waals surface area contributed by atoms with Gasteiger partial charge < -0.3 is 16.2 Å². The van der Waals surface area contributed by atoms with Gasteiger partial charge in [-0.05, 0) is 43.4 Å². The Morgan fingerprint density at radius 3 is 2.94 bits per heavy atom. The first-order chi connectivity index (χ1) is 8.56. The predicted octanol–water partition coefficient (Wildman–Crippen LogP) is 1.92. The monoisotopic (exact) mass is 312 g/mol. The maximum Gasteiger partial charge on any atom is 0.253 e. The van der Waals surface area contributed by atoms with Crippen LogP contribution < -0.4 is 11.1 Å². The number of aliphatic hydroxyl groups excluding tert-OH is 1. The van der Waals surface area contributed by atoms with Gasteiger partial charge in [0.05, 0.1) is 11.7 Å². The largest absolute Gasteiger partial charge is 0.398 e. The molecule has 0 saturated heterocycles. The van der Waals surface area contributed by atoms with Gasteiger partial charge in [0.25, 0.3) is 5.91 Å². The number of hydrogen-bond donors (Lipinski definition) is 3. The predicted molar refractivity (Wildman–Crippen MR) is 74.2 cm³/mol.